The number of thiophene rings is 1. The molecule has 0 aliphatic heterocycles. The molecule has 3 rings (SSSR count). The summed E-state index contributed by atoms with van der Waals surface area (Å²) < 4.78 is 0. The molecule has 0 amide bonds. The van der Waals surface area contributed by atoms with Crippen molar-refractivity contribution >= 4 is 28.0 Å². The molecule has 0 bridgehead atoms. The highest BCUT2D eigenvalue weighted by Crippen LogP contribution is 2.19. The molecule has 0 radical (unpaired) electrons. The summed E-state index contributed by atoms with van der Waals surface area (Å²) in [4.78, 5) is 17.8. The molecule has 0 atom stereocenters. The minimum Gasteiger partial charge on any atom is -0.292 e. The van der Waals surface area contributed by atoms with Gasteiger partial charge in [-0.3, -0.25) is 4.79 Å². The van der Waals surface area contributed by atoms with E-state index in [2.05, 4.69) is 4.98 Å². The van der Waals surface area contributed by atoms with Crippen LogP contribution in [0.3, 0.4) is 0 Å². The number of carbonyl (C=O) groups excluding carboxylic acids is 1. The Morgan fingerprint density at radius 3 is 2.84 bits per heavy atom. The van der Waals surface area contributed by atoms with Gasteiger partial charge in [0.2, 0.25) is 0 Å². The minimum atomic E-state index is 0.0799. The van der Waals surface area contributed by atoms with Crippen LogP contribution in [-0.2, 0) is 6.42 Å². The van der Waals surface area contributed by atoms with Crippen LogP contribution in [-0.4, -0.2) is 10.8 Å². The van der Waals surface area contributed by atoms with Gasteiger partial charge in [-0.15, -0.1) is 11.3 Å². The third-order valence-electron chi connectivity index (χ3n) is 3.12. The summed E-state index contributed by atoms with van der Waals surface area (Å²) in [5, 5.41) is 3.09. The van der Waals surface area contributed by atoms with Gasteiger partial charge in [0.1, 0.15) is 5.69 Å². The molecular formula is C16H13NOS. The number of fused-ring (bicyclic) bond motifs is 1. The highest BCUT2D eigenvalue weighted by atomic mass is 32.1. The Balaban J connectivity index is 1.98. The van der Waals surface area contributed by atoms with E-state index in [1.165, 1.54) is 0 Å². The zero-order valence-electron chi connectivity index (χ0n) is 10.6. The second kappa shape index (κ2) is 4.94. The zero-order chi connectivity index (χ0) is 13.2. The first-order valence-corrected chi connectivity index (χ1v) is 7.04. The molecule has 2 heterocycles. The average Bonchev–Trinajstić information content (AvgIpc) is 2.91. The van der Waals surface area contributed by atoms with Gasteiger partial charge in [0.15, 0.2) is 5.78 Å². The number of carbonyl (C=O) groups is 1. The highest BCUT2D eigenvalue weighted by Gasteiger charge is 2.11. The Kier molecular flexibility index (Phi) is 3.13. The van der Waals surface area contributed by atoms with Crippen molar-refractivity contribution in [2.45, 2.75) is 13.3 Å². The van der Waals surface area contributed by atoms with E-state index in [0.29, 0.717) is 12.1 Å². The number of para-hydroxylation sites is 1. The van der Waals surface area contributed by atoms with E-state index in [-0.39, 0.29) is 5.78 Å². The van der Waals surface area contributed by atoms with Gasteiger partial charge in [-0.2, -0.15) is 0 Å². The standard InChI is InChI=1S/C16H13NOS/c1-11-9-15(16(18)10-12-5-4-8-19-12)17-14-7-3-2-6-13(11)14/h2-9H,10H2,1H3. The SMILES string of the molecule is Cc1cc(C(=O)Cc2cccs2)nc2ccccc12. The van der Waals surface area contributed by atoms with Crippen LogP contribution in [0, 0.1) is 6.92 Å². The summed E-state index contributed by atoms with van der Waals surface area (Å²) in [6.07, 6.45) is 0.433. The lowest BCUT2D eigenvalue weighted by Gasteiger charge is -2.05. The van der Waals surface area contributed by atoms with Crippen LogP contribution in [0.15, 0.2) is 47.8 Å². The second-order valence-corrected chi connectivity index (χ2v) is 5.55. The van der Waals surface area contributed by atoms with E-state index in [0.717, 1.165) is 21.3 Å². The monoisotopic (exact) mass is 267 g/mol. The fraction of sp³-hybridized carbons (Fsp3) is 0.125. The van der Waals surface area contributed by atoms with Crippen LogP contribution < -0.4 is 0 Å². The van der Waals surface area contributed by atoms with E-state index in [1.807, 2.05) is 54.8 Å². The highest BCUT2D eigenvalue weighted by molar-refractivity contribution is 7.10. The maximum absolute atomic E-state index is 12.3. The van der Waals surface area contributed by atoms with Crippen molar-refractivity contribution in [1.82, 2.24) is 4.98 Å². The molecule has 3 aromatic rings. The molecule has 0 unspecified atom stereocenters. The normalized spacial score (nSPS) is 10.8. The maximum atomic E-state index is 12.3. The van der Waals surface area contributed by atoms with E-state index in [4.69, 9.17) is 0 Å². The van der Waals surface area contributed by atoms with Crippen LogP contribution >= 0.6 is 11.3 Å². The molecule has 0 aliphatic rings. The average molecular weight is 267 g/mol. The van der Waals surface area contributed by atoms with E-state index >= 15 is 0 Å². The number of aromatic nitrogens is 1. The van der Waals surface area contributed by atoms with Crippen molar-refractivity contribution in [2.75, 3.05) is 0 Å². The lowest BCUT2D eigenvalue weighted by Crippen LogP contribution is -2.05. The molecule has 0 aliphatic carbocycles. The summed E-state index contributed by atoms with van der Waals surface area (Å²) in [6, 6.07) is 13.8. The minimum absolute atomic E-state index is 0.0799. The van der Waals surface area contributed by atoms with Crippen LogP contribution in [0.4, 0.5) is 0 Å². The fourth-order valence-electron chi connectivity index (χ4n) is 2.15. The molecular weight excluding hydrogens is 254 g/mol. The number of Topliss-reactive ketones (excluding diaryl/α,β-unsaturated/α-hetero) is 1. The van der Waals surface area contributed by atoms with E-state index < -0.39 is 0 Å². The fourth-order valence-corrected chi connectivity index (χ4v) is 2.86. The number of hydrogen-bond donors (Lipinski definition) is 0. The van der Waals surface area contributed by atoms with Crippen LogP contribution in [0.25, 0.3) is 10.9 Å². The summed E-state index contributed by atoms with van der Waals surface area (Å²) in [6.45, 7) is 2.02. The first kappa shape index (κ1) is 12.1. The second-order valence-electron chi connectivity index (χ2n) is 4.52. The zero-order valence-corrected chi connectivity index (χ0v) is 11.4. The predicted molar refractivity (Wildman–Crippen MR) is 78.8 cm³/mol. The summed E-state index contributed by atoms with van der Waals surface area (Å²) in [5.74, 6) is 0.0799. The molecule has 0 saturated carbocycles. The third kappa shape index (κ3) is 2.42. The van der Waals surface area contributed by atoms with Gasteiger partial charge in [0.25, 0.3) is 0 Å². The molecule has 0 saturated heterocycles. The van der Waals surface area contributed by atoms with E-state index in [9.17, 15) is 4.79 Å². The van der Waals surface area contributed by atoms with Crippen molar-refractivity contribution in [3.05, 3.63) is 64.0 Å². The van der Waals surface area contributed by atoms with Gasteiger partial charge < -0.3 is 0 Å². The first-order chi connectivity index (χ1) is 9.24. The van der Waals surface area contributed by atoms with E-state index in [1.54, 1.807) is 11.3 Å². The van der Waals surface area contributed by atoms with Crippen molar-refractivity contribution in [1.29, 1.82) is 0 Å². The van der Waals surface area contributed by atoms with Crippen molar-refractivity contribution in [3.8, 4) is 0 Å². The molecule has 19 heavy (non-hydrogen) atoms. The number of ketones is 1. The van der Waals surface area contributed by atoms with Gasteiger partial charge in [-0.05, 0) is 36.1 Å². The Hall–Kier alpha value is -2.00. The van der Waals surface area contributed by atoms with Gasteiger partial charge in [-0.25, -0.2) is 4.98 Å². The molecule has 0 spiro atoms. The van der Waals surface area contributed by atoms with Crippen molar-refractivity contribution in [2.24, 2.45) is 0 Å². The Labute approximate surface area is 115 Å². The van der Waals surface area contributed by atoms with Crippen LogP contribution in [0.1, 0.15) is 20.9 Å². The molecule has 0 N–H and O–H groups in total. The Morgan fingerprint density at radius 1 is 1.21 bits per heavy atom. The Morgan fingerprint density at radius 2 is 2.05 bits per heavy atom. The topological polar surface area (TPSA) is 30.0 Å². The number of nitrogens with zero attached hydrogens (tertiary/aromatic N) is 1. The van der Waals surface area contributed by atoms with Crippen LogP contribution in [0.5, 0.6) is 0 Å². The molecule has 0 fully saturated rings. The van der Waals surface area contributed by atoms with Crippen LogP contribution in [0.2, 0.25) is 0 Å². The smallest absolute Gasteiger partial charge is 0.186 e. The van der Waals surface area contributed by atoms with Crippen molar-refractivity contribution < 1.29 is 4.79 Å². The van der Waals surface area contributed by atoms with Gasteiger partial charge in [0, 0.05) is 16.7 Å². The summed E-state index contributed by atoms with van der Waals surface area (Å²) in [5.41, 5.74) is 2.54. The van der Waals surface area contributed by atoms with Gasteiger partial charge in [0.05, 0.1) is 5.52 Å². The Bertz CT molecular complexity index is 732. The number of rotatable bonds is 3. The number of hydrogen-bond acceptors (Lipinski definition) is 3. The lowest BCUT2D eigenvalue weighted by molar-refractivity contribution is 0.0989. The summed E-state index contributed by atoms with van der Waals surface area (Å²) in [7, 11) is 0. The molecule has 1 aromatic carbocycles. The predicted octanol–water partition coefficient (Wildman–Crippen LogP) is 4.03. The molecule has 2 nitrogen and oxygen atoms in total. The maximum Gasteiger partial charge on any atom is 0.186 e. The largest absolute Gasteiger partial charge is 0.292 e. The number of aryl methyl sites for hydroxylation is 1. The molecule has 2 aromatic heterocycles. The number of benzene rings is 1. The molecule has 3 heteroatoms. The third-order valence-corrected chi connectivity index (χ3v) is 4.00. The van der Waals surface area contributed by atoms with Crippen molar-refractivity contribution in [3.63, 3.8) is 0 Å². The first-order valence-electron chi connectivity index (χ1n) is 6.16. The van der Waals surface area contributed by atoms with Gasteiger partial charge in [-0.1, -0.05) is 24.3 Å². The summed E-state index contributed by atoms with van der Waals surface area (Å²) >= 11 is 1.61. The lowest BCUT2D eigenvalue weighted by atomic mass is 10.1. The molecule has 94 valence electrons. The number of pyridine rings is 1. The van der Waals surface area contributed by atoms with Gasteiger partial charge >= 0.3 is 0 Å². The quantitative estimate of drug-likeness (QED) is 0.671.